The molecular weight excluding hydrogens is 417 g/mol. The van der Waals surface area contributed by atoms with Gasteiger partial charge in [0.2, 0.25) is 5.91 Å². The molecular formula is C19H17Cl2N5O3. The highest BCUT2D eigenvalue weighted by atomic mass is 35.5. The number of aromatic amines is 1. The highest BCUT2D eigenvalue weighted by Crippen LogP contribution is 2.46. The van der Waals surface area contributed by atoms with Crippen LogP contribution in [-0.2, 0) is 22.6 Å². The SMILES string of the molecule is COCC(=O)N1CCn2c(c(-c3cn[nH]c3)c3c(OCC#N)cc(Cl)c(Cl)c32)C1. The van der Waals surface area contributed by atoms with E-state index in [-0.39, 0.29) is 19.1 Å². The lowest BCUT2D eigenvalue weighted by Crippen LogP contribution is -2.40. The van der Waals surface area contributed by atoms with Gasteiger partial charge < -0.3 is 18.9 Å². The first kappa shape index (κ1) is 19.6. The van der Waals surface area contributed by atoms with Gasteiger partial charge in [0.15, 0.2) is 6.61 Å². The Morgan fingerprint density at radius 2 is 2.24 bits per heavy atom. The van der Waals surface area contributed by atoms with Gasteiger partial charge in [-0.15, -0.1) is 0 Å². The van der Waals surface area contributed by atoms with Crippen molar-refractivity contribution in [1.82, 2.24) is 19.7 Å². The molecule has 0 radical (unpaired) electrons. The molecule has 3 heterocycles. The van der Waals surface area contributed by atoms with Crippen LogP contribution in [0.1, 0.15) is 5.69 Å². The number of amides is 1. The molecule has 1 aliphatic rings. The summed E-state index contributed by atoms with van der Waals surface area (Å²) in [4.78, 5) is 14.2. The molecule has 1 amide bonds. The van der Waals surface area contributed by atoms with Crippen molar-refractivity contribution in [3.05, 3.63) is 34.2 Å². The van der Waals surface area contributed by atoms with Crippen molar-refractivity contribution >= 4 is 40.0 Å². The summed E-state index contributed by atoms with van der Waals surface area (Å²) < 4.78 is 12.7. The van der Waals surface area contributed by atoms with Gasteiger partial charge in [0, 0.05) is 49.3 Å². The number of aromatic nitrogens is 3. The Morgan fingerprint density at radius 3 is 2.93 bits per heavy atom. The van der Waals surface area contributed by atoms with Gasteiger partial charge in [0.1, 0.15) is 18.4 Å². The van der Waals surface area contributed by atoms with E-state index in [2.05, 4.69) is 14.8 Å². The maximum absolute atomic E-state index is 12.4. The van der Waals surface area contributed by atoms with Crippen LogP contribution in [0.25, 0.3) is 22.0 Å². The maximum Gasteiger partial charge on any atom is 0.248 e. The van der Waals surface area contributed by atoms with Gasteiger partial charge in [-0.25, -0.2) is 0 Å². The first-order valence-electron chi connectivity index (χ1n) is 8.85. The van der Waals surface area contributed by atoms with Crippen molar-refractivity contribution in [3.63, 3.8) is 0 Å². The monoisotopic (exact) mass is 433 g/mol. The molecule has 1 N–H and O–H groups in total. The van der Waals surface area contributed by atoms with Crippen molar-refractivity contribution < 1.29 is 14.3 Å². The molecule has 10 heteroatoms. The predicted molar refractivity (Wildman–Crippen MR) is 108 cm³/mol. The number of nitrogens with zero attached hydrogens (tertiary/aromatic N) is 4. The quantitative estimate of drug-likeness (QED) is 0.665. The van der Waals surface area contributed by atoms with Gasteiger partial charge >= 0.3 is 0 Å². The normalized spacial score (nSPS) is 13.4. The zero-order valence-corrected chi connectivity index (χ0v) is 17.0. The zero-order valence-electron chi connectivity index (χ0n) is 15.5. The van der Waals surface area contributed by atoms with Gasteiger partial charge in [0.05, 0.1) is 33.7 Å². The molecule has 4 rings (SSSR count). The van der Waals surface area contributed by atoms with E-state index < -0.39 is 0 Å². The summed E-state index contributed by atoms with van der Waals surface area (Å²) in [5.41, 5.74) is 3.28. The summed E-state index contributed by atoms with van der Waals surface area (Å²) in [5, 5.41) is 17.3. The molecule has 0 bridgehead atoms. The van der Waals surface area contributed by atoms with E-state index in [1.807, 2.05) is 6.07 Å². The molecule has 1 aliphatic heterocycles. The summed E-state index contributed by atoms with van der Waals surface area (Å²) in [7, 11) is 1.50. The minimum Gasteiger partial charge on any atom is -0.478 e. The van der Waals surface area contributed by atoms with Crippen molar-refractivity contribution in [2.45, 2.75) is 13.1 Å². The van der Waals surface area contributed by atoms with Crippen LogP contribution in [0.15, 0.2) is 18.5 Å². The minimum atomic E-state index is -0.128. The van der Waals surface area contributed by atoms with Crippen LogP contribution in [0.3, 0.4) is 0 Å². The number of H-pyrrole nitrogens is 1. The number of hydrogen-bond acceptors (Lipinski definition) is 5. The number of nitriles is 1. The van der Waals surface area contributed by atoms with E-state index in [1.165, 1.54) is 7.11 Å². The van der Waals surface area contributed by atoms with Gasteiger partial charge in [-0.2, -0.15) is 10.4 Å². The van der Waals surface area contributed by atoms with E-state index in [9.17, 15) is 4.79 Å². The summed E-state index contributed by atoms with van der Waals surface area (Å²) in [6.07, 6.45) is 3.46. The van der Waals surface area contributed by atoms with Crippen LogP contribution >= 0.6 is 23.2 Å². The minimum absolute atomic E-state index is 0.0182. The molecule has 0 atom stereocenters. The Kier molecular flexibility index (Phi) is 5.37. The average molecular weight is 434 g/mol. The first-order valence-corrected chi connectivity index (χ1v) is 9.61. The average Bonchev–Trinajstić information content (AvgIpc) is 3.35. The molecule has 2 aromatic heterocycles. The molecule has 1 aromatic carbocycles. The fourth-order valence-electron chi connectivity index (χ4n) is 3.74. The van der Waals surface area contributed by atoms with Crippen LogP contribution in [0.2, 0.25) is 10.0 Å². The molecule has 150 valence electrons. The number of nitrogens with one attached hydrogen (secondary N) is 1. The number of rotatable bonds is 5. The van der Waals surface area contributed by atoms with E-state index in [1.54, 1.807) is 23.4 Å². The Bertz CT molecular complexity index is 1120. The van der Waals surface area contributed by atoms with Crippen molar-refractivity contribution in [1.29, 1.82) is 5.26 Å². The van der Waals surface area contributed by atoms with Crippen LogP contribution in [0.4, 0.5) is 0 Å². The predicted octanol–water partition coefficient (Wildman–Crippen LogP) is 3.23. The summed E-state index contributed by atoms with van der Waals surface area (Å²) in [6, 6.07) is 3.59. The fourth-order valence-corrected chi connectivity index (χ4v) is 4.18. The first-order chi connectivity index (χ1) is 14.1. The molecule has 0 unspecified atom stereocenters. The number of methoxy groups -OCH3 is 1. The van der Waals surface area contributed by atoms with E-state index in [0.29, 0.717) is 35.4 Å². The lowest BCUT2D eigenvalue weighted by Gasteiger charge is -2.29. The fraction of sp³-hybridized carbons (Fsp3) is 0.316. The lowest BCUT2D eigenvalue weighted by molar-refractivity contribution is -0.136. The van der Waals surface area contributed by atoms with Gasteiger partial charge in [0.25, 0.3) is 0 Å². The third kappa shape index (κ3) is 3.31. The molecule has 0 aliphatic carbocycles. The van der Waals surface area contributed by atoms with Crippen molar-refractivity contribution in [3.8, 4) is 22.9 Å². The Labute approximate surface area is 176 Å². The molecule has 8 nitrogen and oxygen atoms in total. The molecule has 0 saturated heterocycles. The summed E-state index contributed by atoms with van der Waals surface area (Å²) in [5.74, 6) is 0.371. The number of fused-ring (bicyclic) bond motifs is 3. The van der Waals surface area contributed by atoms with Crippen LogP contribution in [0.5, 0.6) is 5.75 Å². The van der Waals surface area contributed by atoms with Crippen molar-refractivity contribution in [2.75, 3.05) is 26.9 Å². The van der Waals surface area contributed by atoms with E-state index in [4.69, 9.17) is 37.9 Å². The number of hydrogen-bond donors (Lipinski definition) is 1. The third-order valence-electron chi connectivity index (χ3n) is 4.93. The van der Waals surface area contributed by atoms with E-state index >= 15 is 0 Å². The highest BCUT2D eigenvalue weighted by Gasteiger charge is 2.30. The second-order valence-corrected chi connectivity index (χ2v) is 7.33. The summed E-state index contributed by atoms with van der Waals surface area (Å²) >= 11 is 13.0. The Hall–Kier alpha value is -2.73. The Morgan fingerprint density at radius 1 is 1.41 bits per heavy atom. The largest absolute Gasteiger partial charge is 0.478 e. The van der Waals surface area contributed by atoms with Gasteiger partial charge in [-0.05, 0) is 0 Å². The number of benzene rings is 1. The van der Waals surface area contributed by atoms with Crippen LogP contribution in [-0.4, -0.2) is 52.4 Å². The maximum atomic E-state index is 12.4. The lowest BCUT2D eigenvalue weighted by atomic mass is 10.0. The third-order valence-corrected chi connectivity index (χ3v) is 5.70. The van der Waals surface area contributed by atoms with Gasteiger partial charge in [-0.1, -0.05) is 23.2 Å². The molecule has 0 fully saturated rings. The second kappa shape index (κ2) is 7.95. The highest BCUT2D eigenvalue weighted by molar-refractivity contribution is 6.45. The molecule has 0 saturated carbocycles. The number of carbonyl (C=O) groups excluding carboxylic acids is 1. The Balaban J connectivity index is 1.98. The second-order valence-electron chi connectivity index (χ2n) is 6.55. The van der Waals surface area contributed by atoms with Crippen LogP contribution in [0, 0.1) is 11.3 Å². The number of ether oxygens (including phenoxy) is 2. The van der Waals surface area contributed by atoms with Gasteiger partial charge in [-0.3, -0.25) is 9.89 Å². The number of carbonyl (C=O) groups is 1. The molecule has 3 aromatic rings. The van der Waals surface area contributed by atoms with E-state index in [0.717, 1.165) is 27.7 Å². The zero-order chi connectivity index (χ0) is 20.5. The molecule has 29 heavy (non-hydrogen) atoms. The topological polar surface area (TPSA) is 96.2 Å². The van der Waals surface area contributed by atoms with Crippen LogP contribution < -0.4 is 4.74 Å². The standard InChI is InChI=1S/C19H17Cl2N5O3/c1-28-10-15(27)25-3-4-26-13(9-25)16(11-7-23-24-8-11)17-14(29-5-2-22)6-12(20)18(21)19(17)26/h6-8H,3-5,9-10H2,1H3,(H,23,24). The van der Waals surface area contributed by atoms with Crippen molar-refractivity contribution in [2.24, 2.45) is 0 Å². The smallest absolute Gasteiger partial charge is 0.248 e. The summed E-state index contributed by atoms with van der Waals surface area (Å²) in [6.45, 7) is 1.32. The molecule has 0 spiro atoms. The number of halogens is 2.